The maximum atomic E-state index is 10.9. The summed E-state index contributed by atoms with van der Waals surface area (Å²) in [6.07, 6.45) is 0. The average molecular weight is 291 g/mol. The van der Waals surface area contributed by atoms with Crippen molar-refractivity contribution in [2.45, 2.75) is 20.4 Å². The van der Waals surface area contributed by atoms with Crippen molar-refractivity contribution < 1.29 is 4.92 Å². The Kier molecular flexibility index (Phi) is 4.25. The largest absolute Gasteiger partial charge is 0.381 e. The number of halogens is 1. The summed E-state index contributed by atoms with van der Waals surface area (Å²) in [6, 6.07) is 10.7. The van der Waals surface area contributed by atoms with Crippen LogP contribution in [0.5, 0.6) is 0 Å². The molecule has 4 nitrogen and oxygen atoms in total. The van der Waals surface area contributed by atoms with Crippen molar-refractivity contribution in [3.05, 3.63) is 68.2 Å². The molecule has 0 amide bonds. The zero-order valence-corrected chi connectivity index (χ0v) is 12.1. The summed E-state index contributed by atoms with van der Waals surface area (Å²) in [5.74, 6) is 0. The van der Waals surface area contributed by atoms with Crippen LogP contribution in [0.1, 0.15) is 16.7 Å². The van der Waals surface area contributed by atoms with Gasteiger partial charge in [0.2, 0.25) is 0 Å². The van der Waals surface area contributed by atoms with Crippen molar-refractivity contribution in [1.29, 1.82) is 0 Å². The molecule has 0 heterocycles. The molecule has 0 atom stereocenters. The number of nitrogens with one attached hydrogen (secondary N) is 1. The molecule has 104 valence electrons. The second-order valence-electron chi connectivity index (χ2n) is 4.63. The van der Waals surface area contributed by atoms with Crippen LogP contribution < -0.4 is 5.32 Å². The van der Waals surface area contributed by atoms with Crippen LogP contribution in [-0.2, 0) is 6.54 Å². The Bertz CT molecular complexity index is 656. The highest BCUT2D eigenvalue weighted by atomic mass is 35.5. The van der Waals surface area contributed by atoms with Crippen molar-refractivity contribution in [3.8, 4) is 0 Å². The lowest BCUT2D eigenvalue weighted by Gasteiger charge is -2.11. The summed E-state index contributed by atoms with van der Waals surface area (Å²) in [6.45, 7) is 4.27. The van der Waals surface area contributed by atoms with Gasteiger partial charge in [-0.15, -0.1) is 0 Å². The highest BCUT2D eigenvalue weighted by Crippen LogP contribution is 2.24. The summed E-state index contributed by atoms with van der Waals surface area (Å²) in [5, 5.41) is 14.8. The number of nitrogens with zero attached hydrogens (tertiary/aromatic N) is 1. The van der Waals surface area contributed by atoms with Crippen LogP contribution in [0.4, 0.5) is 11.4 Å². The molecule has 5 heteroatoms. The Labute approximate surface area is 122 Å². The van der Waals surface area contributed by atoms with Gasteiger partial charge in [-0.2, -0.15) is 0 Å². The molecule has 0 unspecified atom stereocenters. The molecule has 0 aromatic heterocycles. The topological polar surface area (TPSA) is 55.2 Å². The molecule has 0 saturated carbocycles. The lowest BCUT2D eigenvalue weighted by atomic mass is 10.1. The van der Waals surface area contributed by atoms with E-state index in [-0.39, 0.29) is 10.6 Å². The minimum absolute atomic E-state index is 0.145. The fourth-order valence-corrected chi connectivity index (χ4v) is 2.21. The quantitative estimate of drug-likeness (QED) is 0.667. The van der Waals surface area contributed by atoms with Crippen LogP contribution >= 0.6 is 11.6 Å². The highest BCUT2D eigenvalue weighted by molar-refractivity contribution is 6.30. The van der Waals surface area contributed by atoms with Crippen molar-refractivity contribution in [2.24, 2.45) is 0 Å². The standard InChI is InChI=1S/C15H15ClN2O2/c1-10-6-7-13(16)8-14(10)17-9-12-4-3-5-15(11(12)2)18(19)20/h3-8,17H,9H2,1-2H3. The molecule has 0 fully saturated rings. The first kappa shape index (κ1) is 14.3. The second-order valence-corrected chi connectivity index (χ2v) is 5.07. The van der Waals surface area contributed by atoms with E-state index in [2.05, 4.69) is 5.32 Å². The molecule has 2 aromatic rings. The van der Waals surface area contributed by atoms with Crippen LogP contribution in [0, 0.1) is 24.0 Å². The van der Waals surface area contributed by atoms with E-state index in [0.717, 1.165) is 16.8 Å². The van der Waals surface area contributed by atoms with E-state index in [1.165, 1.54) is 6.07 Å². The van der Waals surface area contributed by atoms with Crippen LogP contribution in [0.15, 0.2) is 36.4 Å². The van der Waals surface area contributed by atoms with Gasteiger partial charge in [-0.25, -0.2) is 0 Å². The van der Waals surface area contributed by atoms with Crippen LogP contribution in [0.3, 0.4) is 0 Å². The Hall–Kier alpha value is -2.07. The number of rotatable bonds is 4. The van der Waals surface area contributed by atoms with Gasteiger partial charge in [-0.3, -0.25) is 10.1 Å². The van der Waals surface area contributed by atoms with Gasteiger partial charge >= 0.3 is 0 Å². The van der Waals surface area contributed by atoms with Gasteiger partial charge in [-0.05, 0) is 37.1 Å². The van der Waals surface area contributed by atoms with Gasteiger partial charge in [0.1, 0.15) is 0 Å². The fraction of sp³-hybridized carbons (Fsp3) is 0.200. The Morgan fingerprint density at radius 3 is 2.70 bits per heavy atom. The smallest absolute Gasteiger partial charge is 0.272 e. The third-order valence-corrected chi connectivity index (χ3v) is 3.52. The summed E-state index contributed by atoms with van der Waals surface area (Å²) in [5.41, 5.74) is 3.75. The predicted molar refractivity (Wildman–Crippen MR) is 81.3 cm³/mol. The molecule has 0 aliphatic carbocycles. The van der Waals surface area contributed by atoms with Gasteiger partial charge in [0.15, 0.2) is 0 Å². The summed E-state index contributed by atoms with van der Waals surface area (Å²) >= 11 is 5.97. The monoisotopic (exact) mass is 290 g/mol. The van der Waals surface area contributed by atoms with Crippen molar-refractivity contribution in [3.63, 3.8) is 0 Å². The fourth-order valence-electron chi connectivity index (χ4n) is 2.03. The third-order valence-electron chi connectivity index (χ3n) is 3.28. The van der Waals surface area contributed by atoms with Crippen molar-refractivity contribution in [2.75, 3.05) is 5.32 Å². The number of aryl methyl sites for hydroxylation is 1. The summed E-state index contributed by atoms with van der Waals surface area (Å²) in [7, 11) is 0. The van der Waals surface area contributed by atoms with Gasteiger partial charge < -0.3 is 5.32 Å². The van der Waals surface area contributed by atoms with E-state index in [9.17, 15) is 10.1 Å². The van der Waals surface area contributed by atoms with Gasteiger partial charge in [0, 0.05) is 28.9 Å². The lowest BCUT2D eigenvalue weighted by molar-refractivity contribution is -0.385. The zero-order chi connectivity index (χ0) is 14.7. The number of nitro groups is 1. The normalized spacial score (nSPS) is 10.3. The molecule has 0 radical (unpaired) electrons. The first-order chi connectivity index (χ1) is 9.49. The Balaban J connectivity index is 2.21. The third kappa shape index (κ3) is 3.08. The summed E-state index contributed by atoms with van der Waals surface area (Å²) < 4.78 is 0. The number of hydrogen-bond acceptors (Lipinski definition) is 3. The number of hydrogen-bond donors (Lipinski definition) is 1. The zero-order valence-electron chi connectivity index (χ0n) is 11.3. The maximum Gasteiger partial charge on any atom is 0.272 e. The molecule has 0 aliphatic rings. The molecule has 0 bridgehead atoms. The van der Waals surface area contributed by atoms with Crippen LogP contribution in [-0.4, -0.2) is 4.92 Å². The first-order valence-electron chi connectivity index (χ1n) is 6.22. The van der Waals surface area contributed by atoms with E-state index in [1.54, 1.807) is 13.0 Å². The predicted octanol–water partition coefficient (Wildman–Crippen LogP) is 4.48. The number of anilines is 1. The van der Waals surface area contributed by atoms with E-state index < -0.39 is 0 Å². The van der Waals surface area contributed by atoms with Gasteiger partial charge in [-0.1, -0.05) is 29.8 Å². The van der Waals surface area contributed by atoms with Gasteiger partial charge in [0.05, 0.1) is 4.92 Å². The molecule has 0 aliphatic heterocycles. The maximum absolute atomic E-state index is 10.9. The van der Waals surface area contributed by atoms with Gasteiger partial charge in [0.25, 0.3) is 5.69 Å². The molecule has 2 aromatic carbocycles. The van der Waals surface area contributed by atoms with Crippen LogP contribution in [0.25, 0.3) is 0 Å². The van der Waals surface area contributed by atoms with Crippen molar-refractivity contribution >= 4 is 23.0 Å². The highest BCUT2D eigenvalue weighted by Gasteiger charge is 2.12. The molecular weight excluding hydrogens is 276 g/mol. The van der Waals surface area contributed by atoms with E-state index in [0.29, 0.717) is 17.1 Å². The number of benzene rings is 2. The lowest BCUT2D eigenvalue weighted by Crippen LogP contribution is -2.04. The molecule has 0 spiro atoms. The summed E-state index contributed by atoms with van der Waals surface area (Å²) in [4.78, 5) is 10.6. The van der Waals surface area contributed by atoms with E-state index in [4.69, 9.17) is 11.6 Å². The van der Waals surface area contributed by atoms with E-state index >= 15 is 0 Å². The molecule has 1 N–H and O–H groups in total. The van der Waals surface area contributed by atoms with Crippen LogP contribution in [0.2, 0.25) is 5.02 Å². The average Bonchev–Trinajstić information content (AvgIpc) is 2.41. The minimum Gasteiger partial charge on any atom is -0.381 e. The molecule has 20 heavy (non-hydrogen) atoms. The SMILES string of the molecule is Cc1ccc(Cl)cc1NCc1cccc([N+](=O)[O-])c1C. The Morgan fingerprint density at radius 1 is 1.25 bits per heavy atom. The van der Waals surface area contributed by atoms with Crippen molar-refractivity contribution in [1.82, 2.24) is 0 Å². The number of nitro benzene ring substituents is 1. The molecular formula is C15H15ClN2O2. The molecule has 0 saturated heterocycles. The Morgan fingerprint density at radius 2 is 2.00 bits per heavy atom. The first-order valence-corrected chi connectivity index (χ1v) is 6.59. The molecule has 2 rings (SSSR count). The van der Waals surface area contributed by atoms with E-state index in [1.807, 2.05) is 31.2 Å². The second kappa shape index (κ2) is 5.92. The minimum atomic E-state index is -0.358.